The maximum absolute atomic E-state index is 12.5. The molecule has 0 saturated heterocycles. The van der Waals surface area contributed by atoms with Gasteiger partial charge >= 0.3 is 0 Å². The molecule has 0 aliphatic heterocycles. The van der Waals surface area contributed by atoms with Crippen molar-refractivity contribution in [2.45, 2.75) is 20.8 Å². The Kier molecular flexibility index (Phi) is 6.18. The summed E-state index contributed by atoms with van der Waals surface area (Å²) in [4.78, 5) is 12.5. The summed E-state index contributed by atoms with van der Waals surface area (Å²) in [6.07, 6.45) is 0. The van der Waals surface area contributed by atoms with Gasteiger partial charge in [-0.15, -0.1) is 0 Å². The van der Waals surface area contributed by atoms with Crippen LogP contribution in [0.3, 0.4) is 0 Å². The number of rotatable bonds is 7. The number of carbonyl (C=O) groups is 1. The molecular formula is C19H23NO3. The van der Waals surface area contributed by atoms with Gasteiger partial charge in [-0.05, 0) is 56.2 Å². The number of hydrogen-bond donors (Lipinski definition) is 1. The monoisotopic (exact) mass is 313 g/mol. The van der Waals surface area contributed by atoms with Crippen LogP contribution in [0.2, 0.25) is 0 Å². The summed E-state index contributed by atoms with van der Waals surface area (Å²) in [6, 6.07) is 13.2. The Morgan fingerprint density at radius 3 is 2.43 bits per heavy atom. The van der Waals surface area contributed by atoms with Gasteiger partial charge in [0, 0.05) is 12.3 Å². The number of anilines is 1. The number of para-hydroxylation sites is 1. The van der Waals surface area contributed by atoms with E-state index in [0.29, 0.717) is 31.1 Å². The number of nitrogens with one attached hydrogen (secondary N) is 1. The van der Waals surface area contributed by atoms with E-state index >= 15 is 0 Å². The second kappa shape index (κ2) is 8.34. The molecule has 0 heterocycles. The summed E-state index contributed by atoms with van der Waals surface area (Å²) >= 11 is 0. The zero-order valence-corrected chi connectivity index (χ0v) is 13.9. The first-order valence-corrected chi connectivity index (χ1v) is 7.79. The summed E-state index contributed by atoms with van der Waals surface area (Å²) in [7, 11) is 0. The standard InChI is InChI=1S/C19H23NO3/c1-4-22-9-10-23-18-8-6-5-7-17(18)19(21)20-16-12-14(2)11-15(3)13-16/h5-8,11-13H,4,9-10H2,1-3H3,(H,20,21). The highest BCUT2D eigenvalue weighted by Crippen LogP contribution is 2.21. The van der Waals surface area contributed by atoms with Crippen molar-refractivity contribution in [2.24, 2.45) is 0 Å². The number of ether oxygens (including phenoxy) is 2. The summed E-state index contributed by atoms with van der Waals surface area (Å²) in [6.45, 7) is 7.52. The predicted molar refractivity (Wildman–Crippen MR) is 92.3 cm³/mol. The quantitative estimate of drug-likeness (QED) is 0.787. The molecule has 0 bridgehead atoms. The van der Waals surface area contributed by atoms with Crippen LogP contribution in [0.25, 0.3) is 0 Å². The van der Waals surface area contributed by atoms with E-state index < -0.39 is 0 Å². The molecule has 122 valence electrons. The molecule has 0 aliphatic rings. The molecule has 1 amide bonds. The van der Waals surface area contributed by atoms with E-state index in [1.54, 1.807) is 12.1 Å². The molecule has 2 aromatic rings. The smallest absolute Gasteiger partial charge is 0.259 e. The predicted octanol–water partition coefficient (Wildman–Crippen LogP) is 3.97. The molecule has 2 aromatic carbocycles. The lowest BCUT2D eigenvalue weighted by molar-refractivity contribution is 0.0998. The van der Waals surface area contributed by atoms with Crippen molar-refractivity contribution in [3.8, 4) is 5.75 Å². The van der Waals surface area contributed by atoms with Gasteiger partial charge in [-0.2, -0.15) is 0 Å². The molecule has 0 spiro atoms. The third kappa shape index (κ3) is 5.11. The minimum absolute atomic E-state index is 0.179. The van der Waals surface area contributed by atoms with Crippen molar-refractivity contribution in [2.75, 3.05) is 25.1 Å². The van der Waals surface area contributed by atoms with E-state index in [4.69, 9.17) is 9.47 Å². The minimum Gasteiger partial charge on any atom is -0.490 e. The topological polar surface area (TPSA) is 47.6 Å². The molecule has 0 unspecified atom stereocenters. The van der Waals surface area contributed by atoms with Crippen LogP contribution in [0, 0.1) is 13.8 Å². The summed E-state index contributed by atoms with van der Waals surface area (Å²) in [5.74, 6) is 0.385. The number of benzene rings is 2. The number of hydrogen-bond acceptors (Lipinski definition) is 3. The van der Waals surface area contributed by atoms with Crippen LogP contribution in [-0.2, 0) is 4.74 Å². The lowest BCUT2D eigenvalue weighted by Gasteiger charge is -2.12. The number of carbonyl (C=O) groups excluding carboxylic acids is 1. The van der Waals surface area contributed by atoms with Crippen LogP contribution in [0.15, 0.2) is 42.5 Å². The largest absolute Gasteiger partial charge is 0.490 e. The van der Waals surface area contributed by atoms with Crippen LogP contribution >= 0.6 is 0 Å². The van der Waals surface area contributed by atoms with Gasteiger partial charge in [-0.3, -0.25) is 4.79 Å². The fraction of sp³-hybridized carbons (Fsp3) is 0.316. The third-order valence-electron chi connectivity index (χ3n) is 3.30. The summed E-state index contributed by atoms with van der Waals surface area (Å²) in [5, 5.41) is 2.93. The molecular weight excluding hydrogens is 290 g/mol. The molecule has 4 nitrogen and oxygen atoms in total. The van der Waals surface area contributed by atoms with Crippen molar-refractivity contribution in [3.63, 3.8) is 0 Å². The second-order valence-corrected chi connectivity index (χ2v) is 5.37. The maximum atomic E-state index is 12.5. The van der Waals surface area contributed by atoms with E-state index in [1.807, 2.05) is 45.0 Å². The highest BCUT2D eigenvalue weighted by atomic mass is 16.5. The van der Waals surface area contributed by atoms with Gasteiger partial charge in [0.2, 0.25) is 0 Å². The van der Waals surface area contributed by atoms with Crippen molar-refractivity contribution in [1.82, 2.24) is 0 Å². The van der Waals surface area contributed by atoms with E-state index in [9.17, 15) is 4.79 Å². The molecule has 0 radical (unpaired) electrons. The minimum atomic E-state index is -0.179. The Morgan fingerprint density at radius 2 is 1.74 bits per heavy atom. The molecule has 4 heteroatoms. The number of amides is 1. The fourth-order valence-corrected chi connectivity index (χ4v) is 2.38. The van der Waals surface area contributed by atoms with Crippen LogP contribution in [-0.4, -0.2) is 25.7 Å². The normalized spacial score (nSPS) is 10.4. The molecule has 0 fully saturated rings. The van der Waals surface area contributed by atoms with Crippen molar-refractivity contribution < 1.29 is 14.3 Å². The Hall–Kier alpha value is -2.33. The lowest BCUT2D eigenvalue weighted by Crippen LogP contribution is -2.15. The SMILES string of the molecule is CCOCCOc1ccccc1C(=O)Nc1cc(C)cc(C)c1. The van der Waals surface area contributed by atoms with Crippen LogP contribution in [0.5, 0.6) is 5.75 Å². The first-order valence-electron chi connectivity index (χ1n) is 7.79. The third-order valence-corrected chi connectivity index (χ3v) is 3.30. The van der Waals surface area contributed by atoms with Crippen LogP contribution in [0.1, 0.15) is 28.4 Å². The Bertz CT molecular complexity index is 647. The zero-order valence-electron chi connectivity index (χ0n) is 13.9. The van der Waals surface area contributed by atoms with Gasteiger partial charge in [0.25, 0.3) is 5.91 Å². The summed E-state index contributed by atoms with van der Waals surface area (Å²) < 4.78 is 10.9. The van der Waals surface area contributed by atoms with Crippen LogP contribution < -0.4 is 10.1 Å². The fourth-order valence-electron chi connectivity index (χ4n) is 2.38. The van der Waals surface area contributed by atoms with Crippen molar-refractivity contribution in [1.29, 1.82) is 0 Å². The number of aryl methyl sites for hydroxylation is 2. The first-order chi connectivity index (χ1) is 11.1. The molecule has 0 aromatic heterocycles. The van der Waals surface area contributed by atoms with E-state index in [-0.39, 0.29) is 5.91 Å². The molecule has 0 aliphatic carbocycles. The maximum Gasteiger partial charge on any atom is 0.259 e. The Labute approximate surface area is 137 Å². The lowest BCUT2D eigenvalue weighted by atomic mass is 10.1. The van der Waals surface area contributed by atoms with Gasteiger partial charge in [0.05, 0.1) is 12.2 Å². The Balaban J connectivity index is 2.09. The van der Waals surface area contributed by atoms with E-state index in [2.05, 4.69) is 11.4 Å². The van der Waals surface area contributed by atoms with Gasteiger partial charge < -0.3 is 14.8 Å². The first kappa shape index (κ1) is 17.0. The molecule has 2 rings (SSSR count). The van der Waals surface area contributed by atoms with Crippen molar-refractivity contribution >= 4 is 11.6 Å². The molecule has 0 atom stereocenters. The average Bonchev–Trinajstić information content (AvgIpc) is 2.51. The van der Waals surface area contributed by atoms with Gasteiger partial charge in [-0.25, -0.2) is 0 Å². The van der Waals surface area contributed by atoms with Gasteiger partial charge in [-0.1, -0.05) is 18.2 Å². The molecule has 0 saturated carbocycles. The summed E-state index contributed by atoms with van der Waals surface area (Å²) in [5.41, 5.74) is 3.53. The average molecular weight is 313 g/mol. The van der Waals surface area contributed by atoms with E-state index in [0.717, 1.165) is 16.8 Å². The second-order valence-electron chi connectivity index (χ2n) is 5.37. The van der Waals surface area contributed by atoms with E-state index in [1.165, 1.54) is 0 Å². The molecule has 1 N–H and O–H groups in total. The zero-order chi connectivity index (χ0) is 16.7. The van der Waals surface area contributed by atoms with Crippen molar-refractivity contribution in [3.05, 3.63) is 59.2 Å². The Morgan fingerprint density at radius 1 is 1.04 bits per heavy atom. The van der Waals surface area contributed by atoms with Gasteiger partial charge in [0.1, 0.15) is 12.4 Å². The highest BCUT2D eigenvalue weighted by Gasteiger charge is 2.12. The molecule has 23 heavy (non-hydrogen) atoms. The highest BCUT2D eigenvalue weighted by molar-refractivity contribution is 6.06. The van der Waals surface area contributed by atoms with Crippen LogP contribution in [0.4, 0.5) is 5.69 Å². The van der Waals surface area contributed by atoms with Gasteiger partial charge in [0.15, 0.2) is 0 Å².